The lowest BCUT2D eigenvalue weighted by Crippen LogP contribution is -2.14. The van der Waals surface area contributed by atoms with Crippen LogP contribution in [-0.4, -0.2) is 40.4 Å². The SMILES string of the molecule is COc1ccc(OCCCNc2nc3[nH]ncc3c(=O)[nH]2)cc1. The Morgan fingerprint density at radius 1 is 1.22 bits per heavy atom. The van der Waals surface area contributed by atoms with Crippen molar-refractivity contribution in [2.45, 2.75) is 6.42 Å². The van der Waals surface area contributed by atoms with E-state index < -0.39 is 0 Å². The van der Waals surface area contributed by atoms with Crippen LogP contribution in [0, 0.1) is 0 Å². The molecule has 3 aromatic rings. The molecule has 0 aliphatic carbocycles. The quantitative estimate of drug-likeness (QED) is 0.571. The summed E-state index contributed by atoms with van der Waals surface area (Å²) in [5.74, 6) is 2.00. The molecule has 0 unspecified atom stereocenters. The Balaban J connectivity index is 1.46. The van der Waals surface area contributed by atoms with Crippen LogP contribution >= 0.6 is 0 Å². The third-order valence-corrected chi connectivity index (χ3v) is 3.26. The number of aromatic amines is 2. The number of hydrogen-bond acceptors (Lipinski definition) is 6. The molecule has 0 aliphatic heterocycles. The van der Waals surface area contributed by atoms with Crippen molar-refractivity contribution in [3.63, 3.8) is 0 Å². The lowest BCUT2D eigenvalue weighted by molar-refractivity contribution is 0.314. The van der Waals surface area contributed by atoms with E-state index in [1.54, 1.807) is 7.11 Å². The van der Waals surface area contributed by atoms with Crippen LogP contribution in [-0.2, 0) is 0 Å². The summed E-state index contributed by atoms with van der Waals surface area (Å²) < 4.78 is 10.7. The van der Waals surface area contributed by atoms with E-state index in [-0.39, 0.29) is 5.56 Å². The Morgan fingerprint density at radius 2 is 2.00 bits per heavy atom. The van der Waals surface area contributed by atoms with Gasteiger partial charge in [-0.1, -0.05) is 0 Å². The topological polar surface area (TPSA) is 105 Å². The van der Waals surface area contributed by atoms with E-state index in [1.807, 2.05) is 24.3 Å². The Bertz CT molecular complexity index is 825. The highest BCUT2D eigenvalue weighted by molar-refractivity contribution is 5.73. The number of benzene rings is 1. The molecule has 2 heterocycles. The number of rotatable bonds is 7. The van der Waals surface area contributed by atoms with E-state index in [0.29, 0.717) is 30.1 Å². The maximum Gasteiger partial charge on any atom is 0.263 e. The summed E-state index contributed by atoms with van der Waals surface area (Å²) >= 11 is 0. The molecule has 1 aromatic carbocycles. The molecule has 0 saturated carbocycles. The zero-order valence-corrected chi connectivity index (χ0v) is 12.6. The first-order valence-electron chi connectivity index (χ1n) is 7.20. The van der Waals surface area contributed by atoms with E-state index in [4.69, 9.17) is 9.47 Å². The molecule has 3 rings (SSSR count). The van der Waals surface area contributed by atoms with Crippen molar-refractivity contribution in [1.29, 1.82) is 0 Å². The third-order valence-electron chi connectivity index (χ3n) is 3.26. The van der Waals surface area contributed by atoms with Gasteiger partial charge in [0.2, 0.25) is 5.95 Å². The van der Waals surface area contributed by atoms with Gasteiger partial charge in [-0.15, -0.1) is 0 Å². The highest BCUT2D eigenvalue weighted by atomic mass is 16.5. The number of H-pyrrole nitrogens is 2. The average Bonchev–Trinajstić information content (AvgIpc) is 3.04. The second kappa shape index (κ2) is 6.82. The molecule has 0 aliphatic rings. The van der Waals surface area contributed by atoms with Gasteiger partial charge in [0.25, 0.3) is 5.56 Å². The van der Waals surface area contributed by atoms with Crippen LogP contribution in [0.3, 0.4) is 0 Å². The third kappa shape index (κ3) is 3.60. The predicted octanol–water partition coefficient (Wildman–Crippen LogP) is 1.54. The van der Waals surface area contributed by atoms with Gasteiger partial charge < -0.3 is 14.8 Å². The standard InChI is InChI=1S/C15H17N5O3/c1-22-10-3-5-11(6-4-10)23-8-2-7-16-15-18-13-12(9-17-20-13)14(21)19-15/h3-6,9H,2,7-8H2,1H3,(H3,16,17,18,19,20,21). The maximum atomic E-state index is 11.8. The maximum absolute atomic E-state index is 11.8. The fourth-order valence-electron chi connectivity index (χ4n) is 2.07. The molecular formula is C15H17N5O3. The van der Waals surface area contributed by atoms with Crippen LogP contribution in [0.25, 0.3) is 11.0 Å². The van der Waals surface area contributed by atoms with Crippen molar-refractivity contribution in [3.8, 4) is 11.5 Å². The molecule has 8 heteroatoms. The molecule has 120 valence electrons. The number of ether oxygens (including phenoxy) is 2. The number of anilines is 1. The molecule has 3 N–H and O–H groups in total. The molecular weight excluding hydrogens is 298 g/mol. The van der Waals surface area contributed by atoms with Crippen molar-refractivity contribution in [2.24, 2.45) is 0 Å². The van der Waals surface area contributed by atoms with Gasteiger partial charge in [0.15, 0.2) is 5.65 Å². The zero-order chi connectivity index (χ0) is 16.1. The minimum Gasteiger partial charge on any atom is -0.497 e. The van der Waals surface area contributed by atoms with Crippen molar-refractivity contribution in [2.75, 3.05) is 25.6 Å². The smallest absolute Gasteiger partial charge is 0.263 e. The summed E-state index contributed by atoms with van der Waals surface area (Å²) in [6, 6.07) is 7.42. The van der Waals surface area contributed by atoms with Gasteiger partial charge in [-0.05, 0) is 30.7 Å². The summed E-state index contributed by atoms with van der Waals surface area (Å²) in [5, 5.41) is 9.97. The van der Waals surface area contributed by atoms with Gasteiger partial charge in [0.1, 0.15) is 16.9 Å². The fourth-order valence-corrected chi connectivity index (χ4v) is 2.07. The van der Waals surface area contributed by atoms with Gasteiger partial charge in [0, 0.05) is 6.54 Å². The number of methoxy groups -OCH3 is 1. The van der Waals surface area contributed by atoms with Crippen LogP contribution in [0.2, 0.25) is 0 Å². The van der Waals surface area contributed by atoms with Crippen LogP contribution in [0.5, 0.6) is 11.5 Å². The Morgan fingerprint density at radius 3 is 2.78 bits per heavy atom. The Labute approximate surface area is 131 Å². The highest BCUT2D eigenvalue weighted by Crippen LogP contribution is 2.17. The predicted molar refractivity (Wildman–Crippen MR) is 86.1 cm³/mol. The molecule has 23 heavy (non-hydrogen) atoms. The lowest BCUT2D eigenvalue weighted by Gasteiger charge is -2.08. The van der Waals surface area contributed by atoms with Gasteiger partial charge >= 0.3 is 0 Å². The van der Waals surface area contributed by atoms with Crippen LogP contribution in [0.1, 0.15) is 6.42 Å². The highest BCUT2D eigenvalue weighted by Gasteiger charge is 2.04. The van der Waals surface area contributed by atoms with E-state index in [1.165, 1.54) is 6.20 Å². The van der Waals surface area contributed by atoms with Crippen LogP contribution in [0.15, 0.2) is 35.3 Å². The normalized spacial score (nSPS) is 10.7. The fraction of sp³-hybridized carbons (Fsp3) is 0.267. The van der Waals surface area contributed by atoms with E-state index >= 15 is 0 Å². The minimum absolute atomic E-state index is 0.222. The Hall–Kier alpha value is -3.03. The van der Waals surface area contributed by atoms with Gasteiger partial charge in [0.05, 0.1) is 19.9 Å². The first-order chi connectivity index (χ1) is 11.3. The number of nitrogens with one attached hydrogen (secondary N) is 3. The second-order valence-electron chi connectivity index (χ2n) is 4.85. The molecule has 0 bridgehead atoms. The number of nitrogens with zero attached hydrogens (tertiary/aromatic N) is 2. The summed E-state index contributed by atoms with van der Waals surface area (Å²) in [6.07, 6.45) is 2.21. The van der Waals surface area contributed by atoms with Crippen molar-refractivity contribution in [3.05, 3.63) is 40.8 Å². The Kier molecular flexibility index (Phi) is 4.41. The average molecular weight is 315 g/mol. The molecule has 0 amide bonds. The van der Waals surface area contributed by atoms with Crippen molar-refractivity contribution in [1.82, 2.24) is 20.2 Å². The first-order valence-corrected chi connectivity index (χ1v) is 7.20. The zero-order valence-electron chi connectivity index (χ0n) is 12.6. The van der Waals surface area contributed by atoms with E-state index in [9.17, 15) is 4.79 Å². The number of hydrogen-bond donors (Lipinski definition) is 3. The minimum atomic E-state index is -0.222. The van der Waals surface area contributed by atoms with E-state index in [2.05, 4.69) is 25.5 Å². The monoisotopic (exact) mass is 315 g/mol. The number of fused-ring (bicyclic) bond motifs is 1. The van der Waals surface area contributed by atoms with Crippen molar-refractivity contribution >= 4 is 17.0 Å². The molecule has 0 radical (unpaired) electrons. The van der Waals surface area contributed by atoms with Crippen molar-refractivity contribution < 1.29 is 9.47 Å². The first kappa shape index (κ1) is 14.9. The van der Waals surface area contributed by atoms with Crippen LogP contribution < -0.4 is 20.3 Å². The molecule has 8 nitrogen and oxygen atoms in total. The summed E-state index contributed by atoms with van der Waals surface area (Å²) in [4.78, 5) is 18.7. The van der Waals surface area contributed by atoms with Gasteiger partial charge in [-0.3, -0.25) is 14.9 Å². The molecule has 0 atom stereocenters. The molecule has 0 spiro atoms. The number of aromatic nitrogens is 4. The van der Waals surface area contributed by atoms with Gasteiger partial charge in [-0.2, -0.15) is 10.1 Å². The van der Waals surface area contributed by atoms with E-state index in [0.717, 1.165) is 17.9 Å². The summed E-state index contributed by atoms with van der Waals surface area (Å²) in [5.41, 5.74) is 0.242. The molecule has 0 saturated heterocycles. The van der Waals surface area contributed by atoms with Crippen LogP contribution in [0.4, 0.5) is 5.95 Å². The summed E-state index contributed by atoms with van der Waals surface area (Å²) in [6.45, 7) is 1.18. The molecule has 2 aromatic heterocycles. The molecule has 0 fully saturated rings. The largest absolute Gasteiger partial charge is 0.497 e. The lowest BCUT2D eigenvalue weighted by atomic mass is 10.3. The second-order valence-corrected chi connectivity index (χ2v) is 4.85. The summed E-state index contributed by atoms with van der Waals surface area (Å²) in [7, 11) is 1.63. The van der Waals surface area contributed by atoms with Gasteiger partial charge in [-0.25, -0.2) is 0 Å².